The van der Waals surface area contributed by atoms with Crippen LogP contribution in [-0.4, -0.2) is 35.3 Å². The van der Waals surface area contributed by atoms with Gasteiger partial charge < -0.3 is 10.2 Å². The van der Waals surface area contributed by atoms with Crippen LogP contribution in [0.2, 0.25) is 0 Å². The second kappa shape index (κ2) is 9.77. The van der Waals surface area contributed by atoms with Crippen LogP contribution in [0.5, 0.6) is 0 Å². The van der Waals surface area contributed by atoms with Crippen LogP contribution in [0.25, 0.3) is 0 Å². The summed E-state index contributed by atoms with van der Waals surface area (Å²) in [4.78, 5) is 14.4. The van der Waals surface area contributed by atoms with E-state index in [4.69, 9.17) is 5.26 Å². The molecule has 1 aromatic carbocycles. The molecule has 0 bridgehead atoms. The number of carbonyl (C=O) groups excluding carboxylic acids is 1. The Morgan fingerprint density at radius 1 is 1.33 bits per heavy atom. The Hall–Kier alpha value is -2.81. The van der Waals surface area contributed by atoms with Crippen molar-refractivity contribution >= 4 is 11.6 Å². The molecule has 6 heteroatoms. The lowest BCUT2D eigenvalue weighted by Crippen LogP contribution is -2.40. The molecule has 1 amide bonds. The number of amides is 1. The van der Waals surface area contributed by atoms with Crippen LogP contribution >= 0.6 is 0 Å². The van der Waals surface area contributed by atoms with E-state index in [2.05, 4.69) is 40.4 Å². The fourth-order valence-electron chi connectivity index (χ4n) is 3.11. The highest BCUT2D eigenvalue weighted by atomic mass is 16.1. The summed E-state index contributed by atoms with van der Waals surface area (Å²) in [6, 6.07) is 12.5. The van der Waals surface area contributed by atoms with Gasteiger partial charge in [0.15, 0.2) is 0 Å². The fraction of sp³-hybridized carbons (Fsp3) is 0.476. The molecule has 0 aliphatic heterocycles. The number of rotatable bonds is 9. The maximum absolute atomic E-state index is 12.3. The summed E-state index contributed by atoms with van der Waals surface area (Å²) >= 11 is 0. The van der Waals surface area contributed by atoms with Gasteiger partial charge in [0, 0.05) is 37.4 Å². The average molecular weight is 367 g/mol. The largest absolute Gasteiger partial charge is 0.370 e. The number of para-hydroxylation sites is 1. The van der Waals surface area contributed by atoms with Crippen molar-refractivity contribution in [3.05, 3.63) is 47.3 Å². The minimum absolute atomic E-state index is 0.0480. The van der Waals surface area contributed by atoms with Crippen LogP contribution in [0.4, 0.5) is 5.69 Å². The minimum Gasteiger partial charge on any atom is -0.370 e. The molecular formula is C21H29N5O. The van der Waals surface area contributed by atoms with Crippen LogP contribution in [0, 0.1) is 25.2 Å². The van der Waals surface area contributed by atoms with Crippen molar-refractivity contribution in [2.45, 2.75) is 52.6 Å². The molecule has 0 spiro atoms. The molecule has 0 aliphatic rings. The number of nitriles is 1. The lowest BCUT2D eigenvalue weighted by molar-refractivity contribution is -0.121. The van der Waals surface area contributed by atoms with E-state index in [9.17, 15) is 4.79 Å². The Labute approximate surface area is 161 Å². The number of aryl methyl sites for hydroxylation is 2. The standard InChI is InChI=1S/C21H29N5O/c1-16(25(4)19-9-6-5-7-10-19)15-23-21(27)12-11-20-17(2)24-26(18(20)3)14-8-13-22/h5-7,9-10,16H,8,11-12,14-15H2,1-4H3,(H,23,27). The first-order valence-corrected chi connectivity index (χ1v) is 9.38. The summed E-state index contributed by atoms with van der Waals surface area (Å²) in [5.74, 6) is 0.0480. The van der Waals surface area contributed by atoms with Crippen LogP contribution in [0.15, 0.2) is 30.3 Å². The highest BCUT2D eigenvalue weighted by Gasteiger charge is 2.14. The van der Waals surface area contributed by atoms with E-state index in [0.29, 0.717) is 32.4 Å². The number of likely N-dealkylation sites (N-methyl/N-ethyl adjacent to an activating group) is 1. The number of nitrogens with zero attached hydrogens (tertiary/aromatic N) is 4. The van der Waals surface area contributed by atoms with E-state index < -0.39 is 0 Å². The zero-order chi connectivity index (χ0) is 19.8. The molecule has 1 unspecified atom stereocenters. The molecule has 1 N–H and O–H groups in total. The molecule has 0 radical (unpaired) electrons. The Morgan fingerprint density at radius 3 is 2.70 bits per heavy atom. The zero-order valence-electron chi connectivity index (χ0n) is 16.7. The molecule has 2 aromatic rings. The number of aromatic nitrogens is 2. The van der Waals surface area contributed by atoms with Gasteiger partial charge in [0.05, 0.1) is 24.7 Å². The van der Waals surface area contributed by atoms with Gasteiger partial charge in [-0.1, -0.05) is 18.2 Å². The molecule has 0 aliphatic carbocycles. The highest BCUT2D eigenvalue weighted by Crippen LogP contribution is 2.16. The SMILES string of the molecule is Cc1nn(CCC#N)c(C)c1CCC(=O)NCC(C)N(C)c1ccccc1. The number of anilines is 1. The van der Waals surface area contributed by atoms with Gasteiger partial charge in [0.25, 0.3) is 0 Å². The molecular weight excluding hydrogens is 338 g/mol. The lowest BCUT2D eigenvalue weighted by Gasteiger charge is -2.27. The molecule has 2 rings (SSSR count). The van der Waals surface area contributed by atoms with Gasteiger partial charge in [0.2, 0.25) is 5.91 Å². The van der Waals surface area contributed by atoms with Crippen LogP contribution in [0.1, 0.15) is 36.7 Å². The van der Waals surface area contributed by atoms with Gasteiger partial charge in [-0.15, -0.1) is 0 Å². The zero-order valence-corrected chi connectivity index (χ0v) is 16.7. The predicted molar refractivity (Wildman–Crippen MR) is 108 cm³/mol. The monoisotopic (exact) mass is 367 g/mol. The second-order valence-electron chi connectivity index (χ2n) is 6.88. The van der Waals surface area contributed by atoms with Crippen molar-refractivity contribution in [1.82, 2.24) is 15.1 Å². The topological polar surface area (TPSA) is 73.9 Å². The molecule has 0 fully saturated rings. The summed E-state index contributed by atoms with van der Waals surface area (Å²) in [6.45, 7) is 7.25. The fourth-order valence-corrected chi connectivity index (χ4v) is 3.11. The van der Waals surface area contributed by atoms with Crippen molar-refractivity contribution in [1.29, 1.82) is 5.26 Å². The first kappa shape index (κ1) is 20.5. The predicted octanol–water partition coefficient (Wildman–Crippen LogP) is 2.99. The Morgan fingerprint density at radius 2 is 2.04 bits per heavy atom. The number of hydrogen-bond donors (Lipinski definition) is 1. The Bertz CT molecular complexity index is 791. The van der Waals surface area contributed by atoms with Crippen molar-refractivity contribution in [2.75, 3.05) is 18.5 Å². The van der Waals surface area contributed by atoms with E-state index in [-0.39, 0.29) is 11.9 Å². The summed E-state index contributed by atoms with van der Waals surface area (Å²) in [5, 5.41) is 16.3. The number of benzene rings is 1. The van der Waals surface area contributed by atoms with Crippen molar-refractivity contribution < 1.29 is 4.79 Å². The maximum atomic E-state index is 12.3. The summed E-state index contributed by atoms with van der Waals surface area (Å²) in [7, 11) is 2.04. The number of carbonyl (C=O) groups is 1. The molecule has 0 saturated heterocycles. The molecule has 27 heavy (non-hydrogen) atoms. The lowest BCUT2D eigenvalue weighted by atomic mass is 10.1. The van der Waals surface area contributed by atoms with Crippen molar-refractivity contribution in [3.8, 4) is 6.07 Å². The Kier molecular flexibility index (Phi) is 7.42. The van der Waals surface area contributed by atoms with Gasteiger partial charge in [-0.2, -0.15) is 10.4 Å². The van der Waals surface area contributed by atoms with Crippen molar-refractivity contribution in [2.24, 2.45) is 0 Å². The number of nitrogens with one attached hydrogen (secondary N) is 1. The molecule has 1 heterocycles. The first-order valence-electron chi connectivity index (χ1n) is 9.38. The first-order chi connectivity index (χ1) is 12.9. The van der Waals surface area contributed by atoms with Gasteiger partial charge in [-0.3, -0.25) is 9.48 Å². The normalized spacial score (nSPS) is 11.7. The van der Waals surface area contributed by atoms with E-state index in [1.54, 1.807) is 0 Å². The van der Waals surface area contributed by atoms with Gasteiger partial charge in [-0.05, 0) is 44.9 Å². The summed E-state index contributed by atoms with van der Waals surface area (Å²) in [6.07, 6.45) is 1.54. The third kappa shape index (κ3) is 5.58. The molecule has 144 valence electrons. The smallest absolute Gasteiger partial charge is 0.220 e. The second-order valence-corrected chi connectivity index (χ2v) is 6.88. The summed E-state index contributed by atoms with van der Waals surface area (Å²) < 4.78 is 1.86. The van der Waals surface area contributed by atoms with Crippen LogP contribution < -0.4 is 10.2 Å². The molecule has 1 atom stereocenters. The van der Waals surface area contributed by atoms with E-state index in [0.717, 1.165) is 22.6 Å². The molecule has 6 nitrogen and oxygen atoms in total. The minimum atomic E-state index is 0.0480. The Balaban J connectivity index is 1.83. The third-order valence-corrected chi connectivity index (χ3v) is 4.99. The van der Waals surface area contributed by atoms with Gasteiger partial charge >= 0.3 is 0 Å². The summed E-state index contributed by atoms with van der Waals surface area (Å²) in [5.41, 5.74) is 4.23. The van der Waals surface area contributed by atoms with Crippen molar-refractivity contribution in [3.63, 3.8) is 0 Å². The van der Waals surface area contributed by atoms with E-state index >= 15 is 0 Å². The van der Waals surface area contributed by atoms with Gasteiger partial charge in [0.1, 0.15) is 0 Å². The maximum Gasteiger partial charge on any atom is 0.220 e. The van der Waals surface area contributed by atoms with Crippen LogP contribution in [-0.2, 0) is 17.8 Å². The molecule has 0 saturated carbocycles. The van der Waals surface area contributed by atoms with E-state index in [1.165, 1.54) is 0 Å². The van der Waals surface area contributed by atoms with Crippen LogP contribution in [0.3, 0.4) is 0 Å². The number of hydrogen-bond acceptors (Lipinski definition) is 4. The molecule has 1 aromatic heterocycles. The third-order valence-electron chi connectivity index (χ3n) is 4.99. The van der Waals surface area contributed by atoms with Gasteiger partial charge in [-0.25, -0.2) is 0 Å². The quantitative estimate of drug-likeness (QED) is 0.739. The van der Waals surface area contributed by atoms with E-state index in [1.807, 2.05) is 43.8 Å². The average Bonchev–Trinajstić information content (AvgIpc) is 2.95. The highest BCUT2D eigenvalue weighted by molar-refractivity contribution is 5.76.